The van der Waals surface area contributed by atoms with Gasteiger partial charge in [0, 0.05) is 29.8 Å². The zero-order chi connectivity index (χ0) is 15.3. The van der Waals surface area contributed by atoms with E-state index in [1.54, 1.807) is 11.9 Å². The van der Waals surface area contributed by atoms with E-state index in [2.05, 4.69) is 15.9 Å². The van der Waals surface area contributed by atoms with Crippen LogP contribution in [0.1, 0.15) is 25.3 Å². The van der Waals surface area contributed by atoms with Gasteiger partial charge in [-0.2, -0.15) is 13.2 Å². The standard InChI is InChI=1S/C14H20BrF3N2/c1-3-11(19)8-10-4-5-12(9-13(10)15)20(2)7-6-14(16,17)18/h4-5,9,11H,3,6-8,19H2,1-2H3. The van der Waals surface area contributed by atoms with Gasteiger partial charge in [0.15, 0.2) is 0 Å². The predicted molar refractivity (Wildman–Crippen MR) is 80.1 cm³/mol. The molecule has 114 valence electrons. The van der Waals surface area contributed by atoms with E-state index in [0.717, 1.165) is 28.6 Å². The molecule has 6 heteroatoms. The Labute approximate surface area is 126 Å². The molecule has 2 nitrogen and oxygen atoms in total. The van der Waals surface area contributed by atoms with E-state index in [-0.39, 0.29) is 12.6 Å². The maximum absolute atomic E-state index is 12.2. The molecule has 0 aliphatic heterocycles. The van der Waals surface area contributed by atoms with Crippen molar-refractivity contribution in [2.24, 2.45) is 5.73 Å². The molecule has 0 bridgehead atoms. The number of rotatable bonds is 6. The van der Waals surface area contributed by atoms with Crippen molar-refractivity contribution in [3.05, 3.63) is 28.2 Å². The molecule has 0 radical (unpaired) electrons. The van der Waals surface area contributed by atoms with Crippen molar-refractivity contribution in [1.29, 1.82) is 0 Å². The Kier molecular flexibility index (Phi) is 6.33. The Balaban J connectivity index is 2.71. The van der Waals surface area contributed by atoms with Crippen LogP contribution in [0, 0.1) is 0 Å². The highest BCUT2D eigenvalue weighted by atomic mass is 79.9. The van der Waals surface area contributed by atoms with Gasteiger partial charge in [0.05, 0.1) is 6.42 Å². The van der Waals surface area contributed by atoms with Gasteiger partial charge in [-0.3, -0.25) is 0 Å². The lowest BCUT2D eigenvalue weighted by molar-refractivity contribution is -0.132. The zero-order valence-corrected chi connectivity index (χ0v) is 13.3. The van der Waals surface area contributed by atoms with E-state index < -0.39 is 12.6 Å². The van der Waals surface area contributed by atoms with Crippen LogP contribution in [-0.4, -0.2) is 25.8 Å². The van der Waals surface area contributed by atoms with Gasteiger partial charge in [0.1, 0.15) is 0 Å². The largest absolute Gasteiger partial charge is 0.390 e. The van der Waals surface area contributed by atoms with Gasteiger partial charge in [-0.1, -0.05) is 28.9 Å². The number of nitrogens with zero attached hydrogens (tertiary/aromatic N) is 1. The van der Waals surface area contributed by atoms with Crippen LogP contribution in [0.15, 0.2) is 22.7 Å². The second-order valence-electron chi connectivity index (χ2n) is 4.93. The zero-order valence-electron chi connectivity index (χ0n) is 11.7. The average molecular weight is 353 g/mol. The lowest BCUT2D eigenvalue weighted by atomic mass is 10.0. The topological polar surface area (TPSA) is 29.3 Å². The average Bonchev–Trinajstić information content (AvgIpc) is 2.37. The molecule has 0 saturated carbocycles. The molecule has 0 amide bonds. The van der Waals surface area contributed by atoms with Crippen molar-refractivity contribution in [3.63, 3.8) is 0 Å². The van der Waals surface area contributed by atoms with Crippen LogP contribution in [0.3, 0.4) is 0 Å². The van der Waals surface area contributed by atoms with E-state index in [4.69, 9.17) is 5.73 Å². The summed E-state index contributed by atoms with van der Waals surface area (Å²) in [5, 5.41) is 0. The van der Waals surface area contributed by atoms with Gasteiger partial charge in [-0.25, -0.2) is 0 Å². The summed E-state index contributed by atoms with van der Waals surface area (Å²) in [5.41, 5.74) is 7.75. The quantitative estimate of drug-likeness (QED) is 0.834. The lowest BCUT2D eigenvalue weighted by Gasteiger charge is -2.21. The van der Waals surface area contributed by atoms with Gasteiger partial charge in [-0.05, 0) is 30.5 Å². The van der Waals surface area contributed by atoms with Crippen LogP contribution < -0.4 is 10.6 Å². The molecule has 1 aromatic carbocycles. The van der Waals surface area contributed by atoms with Crippen molar-refractivity contribution in [1.82, 2.24) is 0 Å². The molecular weight excluding hydrogens is 333 g/mol. The molecule has 0 fully saturated rings. The Morgan fingerprint density at radius 1 is 1.35 bits per heavy atom. The Morgan fingerprint density at radius 3 is 2.50 bits per heavy atom. The number of anilines is 1. The number of halogens is 4. The lowest BCUT2D eigenvalue weighted by Crippen LogP contribution is -2.24. The first-order valence-electron chi connectivity index (χ1n) is 6.55. The fourth-order valence-electron chi connectivity index (χ4n) is 1.79. The number of hydrogen-bond acceptors (Lipinski definition) is 2. The molecule has 1 aromatic rings. The highest BCUT2D eigenvalue weighted by molar-refractivity contribution is 9.10. The summed E-state index contributed by atoms with van der Waals surface area (Å²) in [6, 6.07) is 5.69. The van der Waals surface area contributed by atoms with Crippen LogP contribution in [0.4, 0.5) is 18.9 Å². The second-order valence-corrected chi connectivity index (χ2v) is 5.79. The van der Waals surface area contributed by atoms with Crippen molar-refractivity contribution in [2.75, 3.05) is 18.5 Å². The molecule has 1 rings (SSSR count). The molecule has 1 atom stereocenters. The van der Waals surface area contributed by atoms with Crippen LogP contribution in [0.5, 0.6) is 0 Å². The third-order valence-corrected chi connectivity index (χ3v) is 3.95. The Morgan fingerprint density at radius 2 is 2.00 bits per heavy atom. The highest BCUT2D eigenvalue weighted by Crippen LogP contribution is 2.26. The Hall–Kier alpha value is -0.750. The normalized spacial score (nSPS) is 13.3. The fourth-order valence-corrected chi connectivity index (χ4v) is 2.32. The van der Waals surface area contributed by atoms with Gasteiger partial charge < -0.3 is 10.6 Å². The maximum Gasteiger partial charge on any atom is 0.390 e. The smallest absolute Gasteiger partial charge is 0.374 e. The molecule has 2 N–H and O–H groups in total. The van der Waals surface area contributed by atoms with Crippen LogP contribution >= 0.6 is 15.9 Å². The third-order valence-electron chi connectivity index (χ3n) is 3.21. The van der Waals surface area contributed by atoms with E-state index in [0.29, 0.717) is 0 Å². The van der Waals surface area contributed by atoms with Crippen molar-refractivity contribution in [2.45, 2.75) is 38.4 Å². The molecule has 0 saturated heterocycles. The second kappa shape index (κ2) is 7.31. The summed E-state index contributed by atoms with van der Waals surface area (Å²) in [6.45, 7) is 1.97. The van der Waals surface area contributed by atoms with Crippen LogP contribution in [0.2, 0.25) is 0 Å². The van der Waals surface area contributed by atoms with E-state index in [1.807, 2.05) is 25.1 Å². The first kappa shape index (κ1) is 17.3. The van der Waals surface area contributed by atoms with Crippen LogP contribution in [0.25, 0.3) is 0 Å². The van der Waals surface area contributed by atoms with Crippen molar-refractivity contribution < 1.29 is 13.2 Å². The van der Waals surface area contributed by atoms with Gasteiger partial charge in [0.25, 0.3) is 0 Å². The first-order valence-corrected chi connectivity index (χ1v) is 7.34. The highest BCUT2D eigenvalue weighted by Gasteiger charge is 2.27. The molecule has 0 aliphatic rings. The first-order chi connectivity index (χ1) is 9.23. The summed E-state index contributed by atoms with van der Waals surface area (Å²) in [6.07, 6.45) is -3.30. The molecule has 0 aromatic heterocycles. The van der Waals surface area contributed by atoms with Crippen molar-refractivity contribution in [3.8, 4) is 0 Å². The van der Waals surface area contributed by atoms with Gasteiger partial charge in [0.2, 0.25) is 0 Å². The number of alkyl halides is 3. The minimum absolute atomic E-state index is 0.0518. The van der Waals surface area contributed by atoms with E-state index in [1.165, 1.54) is 0 Å². The number of benzene rings is 1. The van der Waals surface area contributed by atoms with Gasteiger partial charge in [-0.15, -0.1) is 0 Å². The fraction of sp³-hybridized carbons (Fsp3) is 0.571. The monoisotopic (exact) mass is 352 g/mol. The van der Waals surface area contributed by atoms with E-state index >= 15 is 0 Å². The predicted octanol–water partition coefficient (Wildman–Crippen LogP) is 4.12. The summed E-state index contributed by atoms with van der Waals surface area (Å²) in [7, 11) is 1.66. The SMILES string of the molecule is CCC(N)Cc1ccc(N(C)CCC(F)(F)F)cc1Br. The maximum atomic E-state index is 12.2. The minimum atomic E-state index is -4.13. The summed E-state index contributed by atoms with van der Waals surface area (Å²) < 4.78 is 37.5. The molecule has 0 spiro atoms. The van der Waals surface area contributed by atoms with Crippen molar-refractivity contribution >= 4 is 21.6 Å². The molecule has 1 unspecified atom stereocenters. The summed E-state index contributed by atoms with van der Waals surface area (Å²) in [5.74, 6) is 0. The van der Waals surface area contributed by atoms with Gasteiger partial charge >= 0.3 is 6.18 Å². The molecule has 0 heterocycles. The molecule has 20 heavy (non-hydrogen) atoms. The van der Waals surface area contributed by atoms with Crippen LogP contribution in [-0.2, 0) is 6.42 Å². The Bertz CT molecular complexity index is 435. The number of nitrogens with two attached hydrogens (primary N) is 1. The number of hydrogen-bond donors (Lipinski definition) is 1. The van der Waals surface area contributed by atoms with E-state index in [9.17, 15) is 13.2 Å². The summed E-state index contributed by atoms with van der Waals surface area (Å²) >= 11 is 3.46. The third kappa shape index (κ3) is 5.71. The molecule has 0 aliphatic carbocycles. The minimum Gasteiger partial charge on any atom is -0.374 e. The molecular formula is C14H20BrF3N2. The summed E-state index contributed by atoms with van der Waals surface area (Å²) in [4.78, 5) is 1.60.